The Kier molecular flexibility index (Phi) is 4.99. The van der Waals surface area contributed by atoms with Gasteiger partial charge in [-0.05, 0) is 0 Å². The molecule has 1 saturated heterocycles. The van der Waals surface area contributed by atoms with Gasteiger partial charge in [0, 0.05) is 0 Å². The van der Waals surface area contributed by atoms with E-state index in [4.69, 9.17) is 4.74 Å². The van der Waals surface area contributed by atoms with Crippen molar-refractivity contribution in [1.29, 1.82) is 0 Å². The Labute approximate surface area is 119 Å². The fraction of sp³-hybridized carbons (Fsp3) is 0.429. The van der Waals surface area contributed by atoms with Crippen molar-refractivity contribution in [2.75, 3.05) is 13.2 Å². The van der Waals surface area contributed by atoms with Crippen LogP contribution in [0.4, 0.5) is 0 Å². The Morgan fingerprint density at radius 2 is 2.16 bits per heavy atom. The van der Waals surface area contributed by atoms with Gasteiger partial charge >= 0.3 is 119 Å². The van der Waals surface area contributed by atoms with E-state index in [-0.39, 0.29) is 23.4 Å². The van der Waals surface area contributed by atoms with Gasteiger partial charge in [0.25, 0.3) is 0 Å². The fourth-order valence-corrected chi connectivity index (χ4v) is 4.41. The number of carbonyl (C=O) groups excluding carboxylic acids is 2. The summed E-state index contributed by atoms with van der Waals surface area (Å²) in [7, 11) is 0. The molecule has 1 aromatic rings. The molecule has 1 unspecified atom stereocenters. The van der Waals surface area contributed by atoms with Crippen molar-refractivity contribution in [3.63, 3.8) is 0 Å². The molecule has 0 spiro atoms. The zero-order valence-corrected chi connectivity index (χ0v) is 12.6. The molecule has 2 rings (SSSR count). The van der Waals surface area contributed by atoms with Gasteiger partial charge in [-0.1, -0.05) is 0 Å². The number of hydrogen-bond donors (Lipinski definition) is 0. The molecule has 0 aliphatic carbocycles. The van der Waals surface area contributed by atoms with E-state index in [2.05, 4.69) is 12.1 Å². The van der Waals surface area contributed by atoms with Crippen LogP contribution in [-0.2, 0) is 19.6 Å². The Bertz CT molecular complexity index is 449. The summed E-state index contributed by atoms with van der Waals surface area (Å²) in [6.45, 7) is 2.24. The summed E-state index contributed by atoms with van der Waals surface area (Å²) in [6, 6.07) is 10.2. The zero-order valence-electron chi connectivity index (χ0n) is 10.9. The van der Waals surface area contributed by atoms with Crippen molar-refractivity contribution < 1.29 is 14.3 Å². The normalized spacial score (nSPS) is 18.1. The first-order valence-corrected chi connectivity index (χ1v) is 8.51. The van der Waals surface area contributed by atoms with Crippen LogP contribution in [0, 0.1) is 0 Å². The van der Waals surface area contributed by atoms with E-state index in [0.29, 0.717) is 28.0 Å². The predicted molar refractivity (Wildman–Crippen MR) is 72.7 cm³/mol. The van der Waals surface area contributed by atoms with E-state index in [1.165, 1.54) is 5.56 Å². The van der Waals surface area contributed by atoms with Gasteiger partial charge < -0.3 is 0 Å². The van der Waals surface area contributed by atoms with Crippen LogP contribution >= 0.6 is 0 Å². The number of carbonyl (C=O) groups is 2. The van der Waals surface area contributed by atoms with Crippen LogP contribution < -0.4 is 0 Å². The molecule has 1 aromatic carbocycles. The second kappa shape index (κ2) is 6.73. The number of rotatable bonds is 6. The number of nitrogens with zero attached hydrogens (tertiary/aromatic N) is 1. The first-order valence-electron chi connectivity index (χ1n) is 6.31. The van der Waals surface area contributed by atoms with Crippen molar-refractivity contribution in [2.45, 2.75) is 23.6 Å². The van der Waals surface area contributed by atoms with Crippen molar-refractivity contribution in [2.24, 2.45) is 0 Å². The molecule has 102 valence electrons. The number of β-lactam (4-membered cyclic amide) rings is 1. The molecule has 1 aliphatic heterocycles. The van der Waals surface area contributed by atoms with E-state index < -0.39 is 0 Å². The molecule has 0 bridgehead atoms. The first-order chi connectivity index (χ1) is 9.20. The van der Waals surface area contributed by atoms with Crippen LogP contribution in [0.3, 0.4) is 0 Å². The molecule has 0 radical (unpaired) electrons. The van der Waals surface area contributed by atoms with Crippen LogP contribution in [0.5, 0.6) is 0 Å². The van der Waals surface area contributed by atoms with Crippen LogP contribution in [-0.4, -0.2) is 49.8 Å². The minimum atomic E-state index is -0.309. The van der Waals surface area contributed by atoms with Crippen LogP contribution in [0.25, 0.3) is 0 Å². The Balaban J connectivity index is 1.81. The van der Waals surface area contributed by atoms with Crippen molar-refractivity contribution in [3.8, 4) is 0 Å². The Morgan fingerprint density at radius 3 is 2.79 bits per heavy atom. The summed E-state index contributed by atoms with van der Waals surface area (Å²) in [5.41, 5.74) is 1.29. The number of esters is 1. The third kappa shape index (κ3) is 3.82. The molecule has 19 heavy (non-hydrogen) atoms. The number of hydrogen-bond acceptors (Lipinski definition) is 3. The summed E-state index contributed by atoms with van der Waals surface area (Å²) in [5, 5.41) is 0.991. The third-order valence-corrected chi connectivity index (χ3v) is 5.65. The quantitative estimate of drug-likeness (QED) is 0.445. The van der Waals surface area contributed by atoms with Gasteiger partial charge in [-0.25, -0.2) is 0 Å². The molecule has 4 nitrogen and oxygen atoms in total. The van der Waals surface area contributed by atoms with Gasteiger partial charge in [0.2, 0.25) is 0 Å². The van der Waals surface area contributed by atoms with Gasteiger partial charge in [0.05, 0.1) is 0 Å². The topological polar surface area (TPSA) is 46.6 Å². The summed E-state index contributed by atoms with van der Waals surface area (Å²) < 4.78 is 4.88. The first kappa shape index (κ1) is 14.1. The molecule has 1 amide bonds. The summed E-state index contributed by atoms with van der Waals surface area (Å²) in [6.07, 6.45) is 0.576. The second-order valence-electron chi connectivity index (χ2n) is 4.28. The Morgan fingerprint density at radius 1 is 1.42 bits per heavy atom. The monoisotopic (exact) mass is 327 g/mol. The molecule has 5 heteroatoms. The van der Waals surface area contributed by atoms with E-state index in [1.54, 1.807) is 11.8 Å². The van der Waals surface area contributed by atoms with E-state index in [1.807, 2.05) is 18.2 Å². The van der Waals surface area contributed by atoms with Crippen LogP contribution in [0.2, 0.25) is 0 Å². The number of amides is 1. The predicted octanol–water partition coefficient (Wildman–Crippen LogP) is 1.01. The second-order valence-corrected chi connectivity index (χ2v) is 6.73. The standard InChI is InChI=1S/C14H17NO3Se/c1-2-18-14(17)9-15-12(16)8-13(15)19-10-11-6-4-3-5-7-11/h3-7,13H,2,8-10H2,1H3. The van der Waals surface area contributed by atoms with Gasteiger partial charge in [0.1, 0.15) is 0 Å². The molecule has 0 saturated carbocycles. The van der Waals surface area contributed by atoms with Gasteiger partial charge in [-0.2, -0.15) is 0 Å². The van der Waals surface area contributed by atoms with Crippen molar-refractivity contribution in [1.82, 2.24) is 4.90 Å². The zero-order chi connectivity index (χ0) is 13.7. The molecule has 1 aliphatic rings. The molecular weight excluding hydrogens is 309 g/mol. The van der Waals surface area contributed by atoms with E-state index in [0.717, 1.165) is 5.32 Å². The molecule has 1 atom stereocenters. The molecule has 0 aromatic heterocycles. The molecule has 1 heterocycles. The summed E-state index contributed by atoms with van der Waals surface area (Å²) >= 11 is 0.307. The van der Waals surface area contributed by atoms with Crippen molar-refractivity contribution >= 4 is 26.8 Å². The Hall–Kier alpha value is -1.32. The number of benzene rings is 1. The summed E-state index contributed by atoms with van der Waals surface area (Å²) in [4.78, 5) is 24.8. The number of likely N-dealkylation sites (tertiary alicyclic amines) is 1. The van der Waals surface area contributed by atoms with E-state index >= 15 is 0 Å². The molecule has 0 N–H and O–H groups in total. The van der Waals surface area contributed by atoms with Crippen LogP contribution in [0.1, 0.15) is 18.9 Å². The van der Waals surface area contributed by atoms with Gasteiger partial charge in [-0.15, -0.1) is 0 Å². The SMILES string of the molecule is CCOC(=O)CN1C(=O)CC1[Se]Cc1ccccc1. The maximum atomic E-state index is 11.5. The van der Waals surface area contributed by atoms with Crippen LogP contribution in [0.15, 0.2) is 30.3 Å². The van der Waals surface area contributed by atoms with Crippen molar-refractivity contribution in [3.05, 3.63) is 35.9 Å². The number of ether oxygens (including phenoxy) is 1. The van der Waals surface area contributed by atoms with E-state index in [9.17, 15) is 9.59 Å². The third-order valence-electron chi connectivity index (χ3n) is 2.91. The van der Waals surface area contributed by atoms with Gasteiger partial charge in [-0.3, -0.25) is 0 Å². The minimum absolute atomic E-state index is 0.0630. The fourth-order valence-electron chi connectivity index (χ4n) is 1.88. The average molecular weight is 326 g/mol. The summed E-state index contributed by atoms with van der Waals surface area (Å²) in [5.74, 6) is -0.246. The molecular formula is C14H17NO3Se. The maximum absolute atomic E-state index is 11.5. The average Bonchev–Trinajstić information content (AvgIpc) is 2.42. The van der Waals surface area contributed by atoms with Gasteiger partial charge in [0.15, 0.2) is 0 Å². The molecule has 1 fully saturated rings.